The maximum Gasteiger partial charge on any atom is 0.336 e. The predicted octanol–water partition coefficient (Wildman–Crippen LogP) is 2.47. The summed E-state index contributed by atoms with van der Waals surface area (Å²) in [5.74, 6) is -8.18. The van der Waals surface area contributed by atoms with E-state index < -0.39 is 81.4 Å². The van der Waals surface area contributed by atoms with Crippen molar-refractivity contribution in [2.45, 2.75) is 18.9 Å². The van der Waals surface area contributed by atoms with E-state index in [1.54, 1.807) is 12.3 Å². The number of hydrogen-bond donors (Lipinski definition) is 8. The van der Waals surface area contributed by atoms with E-state index in [1.807, 2.05) is 0 Å². The maximum atomic E-state index is 13.4. The number of nitrogens with one attached hydrogen (secondary N) is 2. The van der Waals surface area contributed by atoms with Crippen molar-refractivity contribution in [3.8, 4) is 11.5 Å². The molecule has 0 spiro atoms. The summed E-state index contributed by atoms with van der Waals surface area (Å²) < 4.78 is 0. The van der Waals surface area contributed by atoms with Crippen LogP contribution in [0.3, 0.4) is 0 Å². The number of benzene rings is 2. The lowest BCUT2D eigenvalue weighted by atomic mass is 9.64. The van der Waals surface area contributed by atoms with Crippen LogP contribution >= 0.6 is 0 Å². The number of ketones is 1. The summed E-state index contributed by atoms with van der Waals surface area (Å²) in [6, 6.07) is 7.92. The molecule has 12 heteroatoms. The average Bonchev–Trinajstić information content (AvgIpc) is 3.13. The van der Waals surface area contributed by atoms with Gasteiger partial charge in [0.15, 0.2) is 5.78 Å². The SMILES string of the molecule is O=C1CC(C(=O)O)([C@H]2CC=CNC[C@@H]2NC(=O)c2ccc(O)cc2)C=C(O)/C1=C(\O)c1c(O)cccc1C(=O)O. The largest absolute Gasteiger partial charge is 0.508 e. The van der Waals surface area contributed by atoms with Crippen LogP contribution in [0.2, 0.25) is 0 Å². The molecule has 2 aliphatic rings. The number of allylic oxidation sites excluding steroid dienone is 2. The van der Waals surface area contributed by atoms with Crippen LogP contribution < -0.4 is 10.6 Å². The molecule has 208 valence electrons. The predicted molar refractivity (Wildman–Crippen MR) is 140 cm³/mol. The third kappa shape index (κ3) is 5.06. The van der Waals surface area contributed by atoms with Crippen molar-refractivity contribution in [3.05, 3.63) is 88.8 Å². The topological polar surface area (TPSA) is 214 Å². The Kier molecular flexibility index (Phi) is 7.53. The highest BCUT2D eigenvalue weighted by molar-refractivity contribution is 6.10. The number of aromatic carboxylic acids is 1. The van der Waals surface area contributed by atoms with E-state index in [9.17, 15) is 49.8 Å². The van der Waals surface area contributed by atoms with Crippen LogP contribution in [0, 0.1) is 11.3 Å². The summed E-state index contributed by atoms with van der Waals surface area (Å²) in [6.45, 7) is 0.0800. The molecule has 4 rings (SSSR count). The van der Waals surface area contributed by atoms with Gasteiger partial charge in [0.05, 0.1) is 17.2 Å². The van der Waals surface area contributed by atoms with Crippen LogP contribution in [-0.4, -0.2) is 66.9 Å². The lowest BCUT2D eigenvalue weighted by molar-refractivity contribution is -0.152. The molecule has 3 atom stereocenters. The number of phenolic OH excluding ortho intramolecular Hbond substituents is 2. The molecule has 1 unspecified atom stereocenters. The Hall–Kier alpha value is -5.26. The minimum atomic E-state index is -2.04. The van der Waals surface area contributed by atoms with Gasteiger partial charge in [-0.2, -0.15) is 0 Å². The van der Waals surface area contributed by atoms with Gasteiger partial charge in [0, 0.05) is 24.4 Å². The number of aromatic hydroxyl groups is 2. The molecule has 1 heterocycles. The zero-order valence-corrected chi connectivity index (χ0v) is 20.9. The van der Waals surface area contributed by atoms with Gasteiger partial charge in [0.25, 0.3) is 5.91 Å². The molecule has 1 aliphatic heterocycles. The number of aliphatic hydroxyl groups is 2. The van der Waals surface area contributed by atoms with E-state index in [-0.39, 0.29) is 24.3 Å². The van der Waals surface area contributed by atoms with Crippen molar-refractivity contribution in [3.63, 3.8) is 0 Å². The molecule has 0 aromatic heterocycles. The van der Waals surface area contributed by atoms with Crippen LogP contribution in [0.15, 0.2) is 72.1 Å². The second-order valence-electron chi connectivity index (χ2n) is 9.48. The van der Waals surface area contributed by atoms with Crippen LogP contribution in [0.5, 0.6) is 11.5 Å². The van der Waals surface area contributed by atoms with Gasteiger partial charge in [-0.1, -0.05) is 12.1 Å². The molecule has 2 aromatic rings. The number of carbonyl (C=O) groups is 4. The molecule has 1 amide bonds. The number of hydrogen-bond acceptors (Lipinski definition) is 9. The zero-order chi connectivity index (χ0) is 29.2. The standard InChI is InChI=1S/C28H26N2O10/c31-15-8-6-14(7-9-15)25(36)30-18-13-29-10-2-4-17(18)28(27(39)40)11-20(33)23(21(34)12-28)24(35)22-16(26(37)38)3-1-5-19(22)32/h1-3,5-11,17-18,29,31-33,35H,4,12-13H2,(H,30,36)(H,37,38)(H,39,40)/b24-23+/t17-,18-,28?/m0/s1. The van der Waals surface area contributed by atoms with Gasteiger partial charge in [-0.3, -0.25) is 14.4 Å². The minimum absolute atomic E-state index is 0.0488. The molecule has 0 saturated heterocycles. The van der Waals surface area contributed by atoms with Gasteiger partial charge in [-0.25, -0.2) is 4.79 Å². The minimum Gasteiger partial charge on any atom is -0.508 e. The molecule has 8 N–H and O–H groups in total. The smallest absolute Gasteiger partial charge is 0.336 e. The second-order valence-corrected chi connectivity index (χ2v) is 9.48. The molecule has 0 radical (unpaired) electrons. The highest BCUT2D eigenvalue weighted by atomic mass is 16.4. The Bertz CT molecular complexity index is 1470. The van der Waals surface area contributed by atoms with Gasteiger partial charge in [-0.15, -0.1) is 0 Å². The molecule has 2 aromatic carbocycles. The van der Waals surface area contributed by atoms with Gasteiger partial charge >= 0.3 is 11.9 Å². The summed E-state index contributed by atoms with van der Waals surface area (Å²) in [5.41, 5.74) is -3.74. The Morgan fingerprint density at radius 1 is 0.975 bits per heavy atom. The Morgan fingerprint density at radius 3 is 2.30 bits per heavy atom. The lowest BCUT2D eigenvalue weighted by Gasteiger charge is -2.40. The second kappa shape index (κ2) is 10.8. The van der Waals surface area contributed by atoms with Crippen molar-refractivity contribution in [1.29, 1.82) is 0 Å². The fraction of sp³-hybridized carbons (Fsp3) is 0.214. The van der Waals surface area contributed by atoms with Crippen molar-refractivity contribution < 1.29 is 49.8 Å². The number of aliphatic hydroxyl groups excluding tert-OH is 2. The van der Waals surface area contributed by atoms with Gasteiger partial charge < -0.3 is 41.3 Å². The number of amides is 1. The van der Waals surface area contributed by atoms with E-state index in [0.29, 0.717) is 0 Å². The van der Waals surface area contributed by atoms with Crippen molar-refractivity contribution >= 4 is 29.4 Å². The highest BCUT2D eigenvalue weighted by Gasteiger charge is 2.53. The molecule has 40 heavy (non-hydrogen) atoms. The number of carboxylic acids is 2. The third-order valence-corrected chi connectivity index (χ3v) is 7.08. The average molecular weight is 551 g/mol. The Morgan fingerprint density at radius 2 is 1.68 bits per heavy atom. The number of aliphatic carboxylic acids is 1. The maximum absolute atomic E-state index is 13.4. The van der Waals surface area contributed by atoms with Gasteiger partial charge in [-0.05, 0) is 55.1 Å². The van der Waals surface area contributed by atoms with Crippen LogP contribution in [0.25, 0.3) is 5.76 Å². The number of carboxylic acid groups (broad SMARTS) is 2. The summed E-state index contributed by atoms with van der Waals surface area (Å²) in [5, 5.41) is 67.1. The van der Waals surface area contributed by atoms with Gasteiger partial charge in [0.2, 0.25) is 0 Å². The first-order chi connectivity index (χ1) is 19.0. The summed E-state index contributed by atoms with van der Waals surface area (Å²) in [7, 11) is 0. The normalized spacial score (nSPS) is 23.8. The Labute approximate surface area is 227 Å². The van der Waals surface area contributed by atoms with Crippen molar-refractivity contribution in [2.75, 3.05) is 6.54 Å². The zero-order valence-electron chi connectivity index (χ0n) is 20.9. The Balaban J connectivity index is 1.79. The fourth-order valence-corrected chi connectivity index (χ4v) is 5.13. The van der Waals surface area contributed by atoms with E-state index in [0.717, 1.165) is 18.2 Å². The summed E-state index contributed by atoms with van der Waals surface area (Å²) >= 11 is 0. The molecule has 0 saturated carbocycles. The molecular weight excluding hydrogens is 524 g/mol. The number of Topliss-reactive ketones (excluding diaryl/α,β-unsaturated/α-hetero) is 1. The summed E-state index contributed by atoms with van der Waals surface area (Å²) in [4.78, 5) is 50.8. The number of rotatable bonds is 6. The molecule has 0 fully saturated rings. The number of carbonyl (C=O) groups excluding carboxylic acids is 2. The first-order valence-corrected chi connectivity index (χ1v) is 12.1. The van der Waals surface area contributed by atoms with E-state index >= 15 is 0 Å². The lowest BCUT2D eigenvalue weighted by Crippen LogP contribution is -2.54. The molecule has 1 aliphatic carbocycles. The third-order valence-electron chi connectivity index (χ3n) is 7.08. The molecule has 0 bridgehead atoms. The summed E-state index contributed by atoms with van der Waals surface area (Å²) in [6.07, 6.45) is 3.44. The van der Waals surface area contributed by atoms with Crippen molar-refractivity contribution in [2.24, 2.45) is 11.3 Å². The quantitative estimate of drug-likeness (QED) is 0.193. The molecule has 12 nitrogen and oxygen atoms in total. The van der Waals surface area contributed by atoms with E-state index in [2.05, 4.69) is 10.6 Å². The van der Waals surface area contributed by atoms with Crippen LogP contribution in [0.1, 0.15) is 39.1 Å². The first kappa shape index (κ1) is 27.8. The highest BCUT2D eigenvalue weighted by Crippen LogP contribution is 2.46. The van der Waals surface area contributed by atoms with Crippen LogP contribution in [-0.2, 0) is 9.59 Å². The monoisotopic (exact) mass is 550 g/mol. The first-order valence-electron chi connectivity index (χ1n) is 12.1. The fourth-order valence-electron chi connectivity index (χ4n) is 5.13. The van der Waals surface area contributed by atoms with E-state index in [4.69, 9.17) is 0 Å². The van der Waals surface area contributed by atoms with Crippen molar-refractivity contribution in [1.82, 2.24) is 10.6 Å². The van der Waals surface area contributed by atoms with Gasteiger partial charge in [0.1, 0.15) is 34.0 Å². The number of phenols is 2. The van der Waals surface area contributed by atoms with E-state index in [1.165, 1.54) is 30.3 Å². The van der Waals surface area contributed by atoms with Crippen LogP contribution in [0.4, 0.5) is 0 Å². The molecular formula is C28H26N2O10.